The lowest BCUT2D eigenvalue weighted by Gasteiger charge is -2.46. The van der Waals surface area contributed by atoms with Gasteiger partial charge < -0.3 is 64.2 Å². The Kier molecular flexibility index (Phi) is 34.1. The third-order valence-corrected chi connectivity index (χ3v) is 15.0. The molecule has 406 valence electrons. The van der Waals surface area contributed by atoms with Crippen LogP contribution < -0.4 is 0 Å². The van der Waals surface area contributed by atoms with Crippen molar-refractivity contribution in [1.29, 1.82) is 0 Å². The van der Waals surface area contributed by atoms with Crippen LogP contribution in [0.4, 0.5) is 0 Å². The molecule has 0 aromatic rings. The molecule has 13 nitrogen and oxygen atoms in total. The van der Waals surface area contributed by atoms with Crippen molar-refractivity contribution in [2.24, 2.45) is 47.3 Å². The van der Waals surface area contributed by atoms with E-state index in [0.29, 0.717) is 25.0 Å². The van der Waals surface area contributed by atoms with Gasteiger partial charge in [-0.25, -0.2) is 0 Å². The topological polar surface area (TPSA) is 197 Å². The van der Waals surface area contributed by atoms with Gasteiger partial charge in [0.1, 0.15) is 54.9 Å². The first-order chi connectivity index (χ1) is 32.4. The van der Waals surface area contributed by atoms with Gasteiger partial charge in [0.15, 0.2) is 12.6 Å². The predicted molar refractivity (Wildman–Crippen MR) is 270 cm³/mol. The number of hydrogen-bond donors (Lipinski definition) is 7. The zero-order valence-corrected chi connectivity index (χ0v) is 44.9. The fraction of sp³-hybridized carbons (Fsp3) is 1.00. The van der Waals surface area contributed by atoms with E-state index in [1.54, 1.807) is 0 Å². The molecule has 0 amide bonds. The molecule has 0 aromatic carbocycles. The fourth-order valence-corrected chi connectivity index (χ4v) is 9.85. The molecule has 2 aliphatic rings. The van der Waals surface area contributed by atoms with Crippen LogP contribution in [0.25, 0.3) is 0 Å². The van der Waals surface area contributed by atoms with Gasteiger partial charge in [-0.3, -0.25) is 0 Å². The fourth-order valence-electron chi connectivity index (χ4n) is 9.85. The van der Waals surface area contributed by atoms with E-state index in [9.17, 15) is 35.7 Å². The average Bonchev–Trinajstić information content (AvgIpc) is 3.28. The zero-order chi connectivity index (χ0) is 50.6. The lowest BCUT2D eigenvalue weighted by Crippen LogP contribution is -2.64. The summed E-state index contributed by atoms with van der Waals surface area (Å²) < 4.78 is 35.7. The van der Waals surface area contributed by atoms with Crippen LogP contribution in [0, 0.1) is 47.3 Å². The molecule has 2 rings (SSSR count). The first-order valence-electron chi connectivity index (χ1n) is 27.8. The van der Waals surface area contributed by atoms with Gasteiger partial charge >= 0.3 is 0 Å². The highest BCUT2D eigenvalue weighted by Gasteiger charge is 2.51. The Labute approximate surface area is 415 Å². The molecule has 0 radical (unpaired) electrons. The molecule has 13 heteroatoms. The molecule has 0 aliphatic carbocycles. The summed E-state index contributed by atoms with van der Waals surface area (Å²) in [5.74, 6) is 5.74. The second-order valence-corrected chi connectivity index (χ2v) is 23.0. The Morgan fingerprint density at radius 2 is 0.779 bits per heavy atom. The third-order valence-electron chi connectivity index (χ3n) is 15.0. The number of ether oxygens (including phenoxy) is 6. The number of aliphatic hydroxyl groups is 7. The van der Waals surface area contributed by atoms with Crippen molar-refractivity contribution in [1.82, 2.24) is 0 Å². The maximum Gasteiger partial charge on any atom is 0.187 e. The SMILES string of the molecule is CC(C)CCC[C@@H](C)CCC[C@@H](C)CCC[C@@H](C)CCOC[C@@H](CO[C@@H]1O[C@H](CO)[C@@H](O[C@H]2O[C@H](CO)[C@@H](O)[C@H](O)[C@H]2O)[C@H](O)[C@H]1O)OCC[C@H](C)CCC[C@H](C)CCC[C@H](C)CCCC(C)C. The Hall–Kier alpha value is -0.520. The van der Waals surface area contributed by atoms with E-state index in [4.69, 9.17) is 28.4 Å². The molecule has 68 heavy (non-hydrogen) atoms. The van der Waals surface area contributed by atoms with Crippen molar-refractivity contribution in [2.75, 3.05) is 39.6 Å². The van der Waals surface area contributed by atoms with E-state index in [0.717, 1.165) is 54.8 Å². The Morgan fingerprint density at radius 1 is 0.397 bits per heavy atom. The smallest absolute Gasteiger partial charge is 0.187 e. The van der Waals surface area contributed by atoms with Gasteiger partial charge in [-0.15, -0.1) is 0 Å². The molecule has 0 bridgehead atoms. The van der Waals surface area contributed by atoms with Crippen molar-refractivity contribution < 1.29 is 64.2 Å². The van der Waals surface area contributed by atoms with E-state index in [2.05, 4.69) is 69.2 Å². The molecule has 0 saturated carbocycles. The van der Waals surface area contributed by atoms with Crippen molar-refractivity contribution in [2.45, 2.75) is 265 Å². The van der Waals surface area contributed by atoms with Gasteiger partial charge in [-0.2, -0.15) is 0 Å². The van der Waals surface area contributed by atoms with Crippen LogP contribution in [-0.4, -0.2) is 143 Å². The quantitative estimate of drug-likeness (QED) is 0.0288. The molecule has 2 saturated heterocycles. The normalized spacial score (nSPS) is 29.0. The molecular formula is C55H108O13. The van der Waals surface area contributed by atoms with E-state index in [-0.39, 0.29) is 13.2 Å². The van der Waals surface area contributed by atoms with Crippen LogP contribution in [0.1, 0.15) is 198 Å². The minimum atomic E-state index is -1.74. The molecular weight excluding hydrogens is 869 g/mol. The zero-order valence-electron chi connectivity index (χ0n) is 44.9. The molecule has 2 aliphatic heterocycles. The third kappa shape index (κ3) is 26.4. The minimum absolute atomic E-state index is 0.00274. The summed E-state index contributed by atoms with van der Waals surface area (Å²) in [5.41, 5.74) is 0. The van der Waals surface area contributed by atoms with Crippen LogP contribution in [0.15, 0.2) is 0 Å². The van der Waals surface area contributed by atoms with Crippen molar-refractivity contribution in [3.05, 3.63) is 0 Å². The maximum absolute atomic E-state index is 11.2. The molecule has 7 N–H and O–H groups in total. The van der Waals surface area contributed by atoms with Gasteiger partial charge in [-0.1, -0.05) is 185 Å². The van der Waals surface area contributed by atoms with Gasteiger partial charge in [0, 0.05) is 13.2 Å². The largest absolute Gasteiger partial charge is 0.394 e. The highest BCUT2D eigenvalue weighted by molar-refractivity contribution is 4.94. The summed E-state index contributed by atoms with van der Waals surface area (Å²) in [6.45, 7) is 23.5. The first-order valence-corrected chi connectivity index (χ1v) is 27.8. The van der Waals surface area contributed by atoms with Crippen molar-refractivity contribution >= 4 is 0 Å². The monoisotopic (exact) mass is 977 g/mol. The Balaban J connectivity index is 1.87. The van der Waals surface area contributed by atoms with Gasteiger partial charge in [-0.05, 0) is 60.2 Å². The van der Waals surface area contributed by atoms with Crippen LogP contribution >= 0.6 is 0 Å². The first kappa shape index (κ1) is 63.6. The number of aliphatic hydroxyl groups excluding tert-OH is 7. The molecule has 0 unspecified atom stereocenters. The number of rotatable bonds is 40. The molecule has 2 heterocycles. The predicted octanol–water partition coefficient (Wildman–Crippen LogP) is 8.96. The van der Waals surface area contributed by atoms with Crippen molar-refractivity contribution in [3.63, 3.8) is 0 Å². The summed E-state index contributed by atoms with van der Waals surface area (Å²) in [6.07, 6.45) is 9.40. The lowest BCUT2D eigenvalue weighted by molar-refractivity contribution is -0.360. The Morgan fingerprint density at radius 3 is 1.21 bits per heavy atom. The standard InChI is InChI=1S/C55H108O13/c1-37(2)17-11-19-39(5)21-13-23-41(7)25-15-27-43(9)29-31-63-35-45(64-32-30-44(10)28-16-26-42(8)24-14-22-40(6)20-12-18-38(3)4)36-65-54-52(62)50(60)53(47(34-57)67-54)68-55-51(61)49(59)48(58)46(33-56)66-55/h37-62H,11-36H2,1-10H3/t39-,40-,41-,42-,43-,44-,45+,46-,47-,48-,49+,50-,51-,52-,53-,54-,55-/m1/s1. The van der Waals surface area contributed by atoms with Crippen LogP contribution in [-0.2, 0) is 28.4 Å². The lowest BCUT2D eigenvalue weighted by atomic mass is 9.91. The summed E-state index contributed by atoms with van der Waals surface area (Å²) in [5, 5.41) is 73.0. The average molecular weight is 977 g/mol. The van der Waals surface area contributed by atoms with E-state index < -0.39 is 80.7 Å². The summed E-state index contributed by atoms with van der Waals surface area (Å²) in [6, 6.07) is 0. The Bertz CT molecular complexity index is 1190. The molecule has 17 atom stereocenters. The second kappa shape index (κ2) is 36.4. The van der Waals surface area contributed by atoms with Gasteiger partial charge in [0.05, 0.1) is 26.4 Å². The van der Waals surface area contributed by atoms with Crippen molar-refractivity contribution in [3.8, 4) is 0 Å². The van der Waals surface area contributed by atoms with E-state index in [1.807, 2.05) is 0 Å². The van der Waals surface area contributed by atoms with Crippen LogP contribution in [0.5, 0.6) is 0 Å². The van der Waals surface area contributed by atoms with Gasteiger partial charge in [0.25, 0.3) is 0 Å². The minimum Gasteiger partial charge on any atom is -0.394 e. The van der Waals surface area contributed by atoms with Crippen LogP contribution in [0.2, 0.25) is 0 Å². The summed E-state index contributed by atoms with van der Waals surface area (Å²) in [7, 11) is 0. The number of hydrogen-bond acceptors (Lipinski definition) is 13. The maximum atomic E-state index is 11.2. The van der Waals surface area contributed by atoms with E-state index >= 15 is 0 Å². The van der Waals surface area contributed by atoms with Crippen LogP contribution in [0.3, 0.4) is 0 Å². The second-order valence-electron chi connectivity index (χ2n) is 23.0. The highest BCUT2D eigenvalue weighted by Crippen LogP contribution is 2.31. The summed E-state index contributed by atoms with van der Waals surface area (Å²) >= 11 is 0. The summed E-state index contributed by atoms with van der Waals surface area (Å²) in [4.78, 5) is 0. The van der Waals surface area contributed by atoms with E-state index in [1.165, 1.54) is 109 Å². The highest BCUT2D eigenvalue weighted by atomic mass is 16.7. The van der Waals surface area contributed by atoms with Gasteiger partial charge in [0.2, 0.25) is 0 Å². The molecule has 0 aromatic heterocycles. The molecule has 0 spiro atoms. The molecule has 2 fully saturated rings.